The first kappa shape index (κ1) is 10.8. The number of aliphatic carboxylic acids is 1. The highest BCUT2D eigenvalue weighted by Gasteiger charge is 2.79. The van der Waals surface area contributed by atoms with Gasteiger partial charge in [-0.1, -0.05) is 0 Å². The third kappa shape index (κ3) is 1.19. The number of hydrogen-bond acceptors (Lipinski definition) is 3. The van der Waals surface area contributed by atoms with Crippen molar-refractivity contribution < 1.29 is 23.4 Å². The quantitative estimate of drug-likeness (QED) is 0.852. The van der Waals surface area contributed by atoms with Gasteiger partial charge in [-0.3, -0.25) is 9.78 Å². The van der Waals surface area contributed by atoms with Crippen molar-refractivity contribution in [2.45, 2.75) is 17.8 Å². The van der Waals surface area contributed by atoms with Gasteiger partial charge in [0.1, 0.15) is 11.4 Å². The third-order valence-electron chi connectivity index (χ3n) is 2.75. The maximum atomic E-state index is 13.2. The van der Waals surface area contributed by atoms with E-state index in [1.807, 2.05) is 0 Å². The molecule has 2 rings (SSSR count). The van der Waals surface area contributed by atoms with Crippen LogP contribution in [0.25, 0.3) is 0 Å². The van der Waals surface area contributed by atoms with E-state index < -0.39 is 23.7 Å². The van der Waals surface area contributed by atoms with E-state index in [9.17, 15) is 13.6 Å². The van der Waals surface area contributed by atoms with E-state index >= 15 is 0 Å². The third-order valence-corrected chi connectivity index (χ3v) is 2.75. The van der Waals surface area contributed by atoms with Gasteiger partial charge in [0.25, 0.3) is 5.92 Å². The van der Waals surface area contributed by atoms with Gasteiger partial charge in [-0.05, 0) is 12.1 Å². The number of aromatic nitrogens is 1. The monoisotopic (exact) mass is 229 g/mol. The Bertz CT molecular complexity index is 449. The molecule has 1 aliphatic carbocycles. The number of carboxylic acids is 1. The Hall–Kier alpha value is -1.72. The minimum Gasteiger partial charge on any atom is -0.495 e. The highest BCUT2D eigenvalue weighted by molar-refractivity contribution is 5.88. The van der Waals surface area contributed by atoms with Crippen LogP contribution in [-0.4, -0.2) is 29.1 Å². The van der Waals surface area contributed by atoms with E-state index in [-0.39, 0.29) is 11.4 Å². The van der Waals surface area contributed by atoms with Gasteiger partial charge < -0.3 is 9.84 Å². The zero-order valence-corrected chi connectivity index (χ0v) is 8.41. The minimum absolute atomic E-state index is 0.0714. The van der Waals surface area contributed by atoms with Gasteiger partial charge in [0, 0.05) is 12.6 Å². The molecule has 0 radical (unpaired) electrons. The summed E-state index contributed by atoms with van der Waals surface area (Å²) >= 11 is 0. The highest BCUT2D eigenvalue weighted by Crippen LogP contribution is 2.62. The first-order valence-corrected chi connectivity index (χ1v) is 4.56. The van der Waals surface area contributed by atoms with Crippen LogP contribution in [0.5, 0.6) is 5.75 Å². The summed E-state index contributed by atoms with van der Waals surface area (Å²) in [6.45, 7) is 0. The lowest BCUT2D eigenvalue weighted by atomic mass is 10.0. The van der Waals surface area contributed by atoms with Crippen molar-refractivity contribution in [1.82, 2.24) is 4.98 Å². The molecule has 1 unspecified atom stereocenters. The fraction of sp³-hybridized carbons (Fsp3) is 0.400. The van der Waals surface area contributed by atoms with E-state index in [4.69, 9.17) is 9.84 Å². The zero-order chi connectivity index (χ0) is 12.0. The number of hydrogen-bond donors (Lipinski definition) is 1. The molecule has 6 heteroatoms. The van der Waals surface area contributed by atoms with Crippen LogP contribution >= 0.6 is 0 Å². The summed E-state index contributed by atoms with van der Waals surface area (Å²) in [6, 6.07) is 2.92. The van der Waals surface area contributed by atoms with Crippen molar-refractivity contribution in [1.29, 1.82) is 0 Å². The fourth-order valence-corrected chi connectivity index (χ4v) is 1.75. The predicted molar refractivity (Wildman–Crippen MR) is 49.7 cm³/mol. The van der Waals surface area contributed by atoms with Crippen molar-refractivity contribution in [3.8, 4) is 5.75 Å². The van der Waals surface area contributed by atoms with Gasteiger partial charge in [0.15, 0.2) is 5.41 Å². The fourth-order valence-electron chi connectivity index (χ4n) is 1.75. The Balaban J connectivity index is 2.55. The summed E-state index contributed by atoms with van der Waals surface area (Å²) in [5.41, 5.74) is -2.44. The topological polar surface area (TPSA) is 59.4 Å². The van der Waals surface area contributed by atoms with Crippen molar-refractivity contribution in [3.63, 3.8) is 0 Å². The molecular formula is C10H9F2NO3. The second kappa shape index (κ2) is 3.13. The van der Waals surface area contributed by atoms with Crippen LogP contribution < -0.4 is 4.74 Å². The largest absolute Gasteiger partial charge is 0.495 e. The maximum absolute atomic E-state index is 13.2. The molecule has 0 spiro atoms. The van der Waals surface area contributed by atoms with E-state index in [0.717, 1.165) is 0 Å². The van der Waals surface area contributed by atoms with Crippen molar-refractivity contribution >= 4 is 5.97 Å². The Labute approximate surface area is 89.9 Å². The van der Waals surface area contributed by atoms with E-state index in [1.54, 1.807) is 0 Å². The number of alkyl halides is 2. The van der Waals surface area contributed by atoms with Crippen molar-refractivity contribution in [2.75, 3.05) is 7.11 Å². The van der Waals surface area contributed by atoms with Gasteiger partial charge in [0.05, 0.1) is 7.11 Å². The molecule has 0 bridgehead atoms. The molecule has 1 aromatic rings. The van der Waals surface area contributed by atoms with Gasteiger partial charge in [-0.25, -0.2) is 8.78 Å². The number of halogens is 2. The van der Waals surface area contributed by atoms with E-state index in [1.165, 1.54) is 25.4 Å². The molecule has 0 aliphatic heterocycles. The Morgan fingerprint density at radius 3 is 2.69 bits per heavy atom. The molecule has 1 saturated carbocycles. The van der Waals surface area contributed by atoms with Crippen LogP contribution in [0.4, 0.5) is 8.78 Å². The molecule has 1 aliphatic rings. The molecule has 0 saturated heterocycles. The Morgan fingerprint density at radius 2 is 2.25 bits per heavy atom. The summed E-state index contributed by atoms with van der Waals surface area (Å²) in [6.07, 6.45) is 0.541. The summed E-state index contributed by atoms with van der Waals surface area (Å²) in [7, 11) is 1.29. The summed E-state index contributed by atoms with van der Waals surface area (Å²) in [5.74, 6) is -4.77. The lowest BCUT2D eigenvalue weighted by Gasteiger charge is -2.13. The molecule has 1 atom stereocenters. The summed E-state index contributed by atoms with van der Waals surface area (Å²) in [5, 5.41) is 8.94. The first-order valence-electron chi connectivity index (χ1n) is 4.56. The number of carboxylic acid groups (broad SMARTS) is 1. The predicted octanol–water partition coefficient (Wildman–Crippen LogP) is 1.45. The molecule has 0 amide bonds. The highest BCUT2D eigenvalue weighted by atomic mass is 19.3. The van der Waals surface area contributed by atoms with Gasteiger partial charge in [-0.15, -0.1) is 0 Å². The number of pyridine rings is 1. The molecule has 0 aromatic carbocycles. The second-order valence-electron chi connectivity index (χ2n) is 3.65. The van der Waals surface area contributed by atoms with Crippen LogP contribution in [0, 0.1) is 0 Å². The SMILES string of the molecule is COc1cccnc1C1(C(=O)O)CC1(F)F. The van der Waals surface area contributed by atoms with Crippen LogP contribution in [0.15, 0.2) is 18.3 Å². The first-order chi connectivity index (χ1) is 7.45. The van der Waals surface area contributed by atoms with Gasteiger partial charge in [0.2, 0.25) is 0 Å². The van der Waals surface area contributed by atoms with Crippen LogP contribution in [0.2, 0.25) is 0 Å². The molecule has 16 heavy (non-hydrogen) atoms. The molecule has 1 heterocycles. The molecular weight excluding hydrogens is 220 g/mol. The average Bonchev–Trinajstić information content (AvgIpc) is 2.83. The number of methoxy groups -OCH3 is 1. The van der Waals surface area contributed by atoms with Crippen LogP contribution in [0.3, 0.4) is 0 Å². The lowest BCUT2D eigenvalue weighted by molar-refractivity contribution is -0.143. The number of nitrogens with zero attached hydrogens (tertiary/aromatic N) is 1. The van der Waals surface area contributed by atoms with Crippen LogP contribution in [-0.2, 0) is 10.2 Å². The molecule has 86 valence electrons. The number of ether oxygens (including phenoxy) is 1. The average molecular weight is 229 g/mol. The summed E-state index contributed by atoms with van der Waals surface area (Å²) in [4.78, 5) is 14.7. The Kier molecular flexibility index (Phi) is 2.11. The second-order valence-corrected chi connectivity index (χ2v) is 3.65. The normalized spacial score (nSPS) is 26.2. The van der Waals surface area contributed by atoms with Gasteiger partial charge in [-0.2, -0.15) is 0 Å². The van der Waals surface area contributed by atoms with Crippen molar-refractivity contribution in [3.05, 3.63) is 24.0 Å². The zero-order valence-electron chi connectivity index (χ0n) is 8.41. The minimum atomic E-state index is -3.26. The van der Waals surface area contributed by atoms with E-state index in [2.05, 4.69) is 4.98 Å². The smallest absolute Gasteiger partial charge is 0.322 e. The summed E-state index contributed by atoms with van der Waals surface area (Å²) < 4.78 is 31.3. The standard InChI is InChI=1S/C10H9F2NO3/c1-16-6-3-2-4-13-7(6)9(8(14)15)5-10(9,11)12/h2-4H,5H2,1H3,(H,14,15). The number of carbonyl (C=O) groups is 1. The molecule has 1 fully saturated rings. The number of rotatable bonds is 3. The van der Waals surface area contributed by atoms with Crippen LogP contribution in [0.1, 0.15) is 12.1 Å². The molecule has 4 nitrogen and oxygen atoms in total. The molecule has 1 aromatic heterocycles. The maximum Gasteiger partial charge on any atom is 0.322 e. The Morgan fingerprint density at radius 1 is 1.62 bits per heavy atom. The lowest BCUT2D eigenvalue weighted by Crippen LogP contribution is -2.28. The molecule has 1 N–H and O–H groups in total. The van der Waals surface area contributed by atoms with Crippen molar-refractivity contribution in [2.24, 2.45) is 0 Å². The van der Waals surface area contributed by atoms with Gasteiger partial charge >= 0.3 is 5.97 Å². The van der Waals surface area contributed by atoms with E-state index in [0.29, 0.717) is 0 Å².